The lowest BCUT2D eigenvalue weighted by Gasteiger charge is -2.07. The van der Waals surface area contributed by atoms with Crippen LogP contribution in [0.2, 0.25) is 0 Å². The molecule has 0 aliphatic rings. The second kappa shape index (κ2) is 6.90. The Balaban J connectivity index is 1.99. The van der Waals surface area contributed by atoms with Gasteiger partial charge in [-0.2, -0.15) is 5.26 Å². The number of carbonyl (C=O) groups is 2. The van der Waals surface area contributed by atoms with Crippen LogP contribution in [0.1, 0.15) is 15.9 Å². The highest BCUT2D eigenvalue weighted by molar-refractivity contribution is 6.04. The fourth-order valence-electron chi connectivity index (χ4n) is 1.69. The summed E-state index contributed by atoms with van der Waals surface area (Å²) in [4.78, 5) is 22.6. The highest BCUT2D eigenvalue weighted by atomic mass is 16.5. The quantitative estimate of drug-likeness (QED) is 0.875. The molecular weight excluding hydrogens is 282 g/mol. The molecule has 0 aliphatic carbocycles. The number of primary amides is 1. The lowest BCUT2D eigenvalue weighted by molar-refractivity contribution is -0.119. The van der Waals surface area contributed by atoms with Crippen LogP contribution in [0.25, 0.3) is 0 Å². The molecule has 0 atom stereocenters. The Labute approximate surface area is 127 Å². The molecule has 2 aromatic carbocycles. The Morgan fingerprint density at radius 3 is 2.27 bits per heavy atom. The predicted molar refractivity (Wildman–Crippen MR) is 80.2 cm³/mol. The molecule has 6 nitrogen and oxygen atoms in total. The van der Waals surface area contributed by atoms with Crippen molar-refractivity contribution in [2.45, 2.75) is 0 Å². The number of ether oxygens (including phenoxy) is 1. The molecule has 0 radical (unpaired) electrons. The first-order chi connectivity index (χ1) is 10.6. The van der Waals surface area contributed by atoms with E-state index in [4.69, 9.17) is 15.7 Å². The van der Waals surface area contributed by atoms with Gasteiger partial charge in [-0.1, -0.05) is 0 Å². The average Bonchev–Trinajstić information content (AvgIpc) is 2.54. The van der Waals surface area contributed by atoms with Gasteiger partial charge in [-0.3, -0.25) is 9.59 Å². The number of nitrogens with two attached hydrogens (primary N) is 1. The zero-order valence-corrected chi connectivity index (χ0v) is 11.6. The van der Waals surface area contributed by atoms with Crippen LogP contribution in [0.3, 0.4) is 0 Å². The lowest BCUT2D eigenvalue weighted by Crippen LogP contribution is -2.20. The van der Waals surface area contributed by atoms with E-state index >= 15 is 0 Å². The molecule has 0 bridgehead atoms. The first-order valence-corrected chi connectivity index (χ1v) is 6.41. The van der Waals surface area contributed by atoms with Gasteiger partial charge in [0.15, 0.2) is 6.61 Å². The highest BCUT2D eigenvalue weighted by Crippen LogP contribution is 2.16. The third-order valence-electron chi connectivity index (χ3n) is 2.77. The van der Waals surface area contributed by atoms with Crippen LogP contribution in [0.4, 0.5) is 5.69 Å². The molecule has 0 saturated carbocycles. The summed E-state index contributed by atoms with van der Waals surface area (Å²) in [5.74, 6) is -0.358. The molecule has 22 heavy (non-hydrogen) atoms. The maximum atomic E-state index is 12.0. The molecule has 2 aromatic rings. The Morgan fingerprint density at radius 1 is 1.09 bits per heavy atom. The SMILES string of the molecule is N#Cc1ccc(C(=O)Nc2ccc(OCC(N)=O)cc2)cc1. The normalized spacial score (nSPS) is 9.59. The van der Waals surface area contributed by atoms with Crippen molar-refractivity contribution >= 4 is 17.5 Å². The fraction of sp³-hybridized carbons (Fsp3) is 0.0625. The molecule has 0 aromatic heterocycles. The fourth-order valence-corrected chi connectivity index (χ4v) is 1.69. The largest absolute Gasteiger partial charge is 0.484 e. The van der Waals surface area contributed by atoms with Crippen LogP contribution in [0, 0.1) is 11.3 Å². The van der Waals surface area contributed by atoms with Gasteiger partial charge in [0.1, 0.15) is 5.75 Å². The van der Waals surface area contributed by atoms with E-state index in [1.165, 1.54) is 0 Å². The molecule has 0 aliphatic heterocycles. The van der Waals surface area contributed by atoms with E-state index in [0.717, 1.165) is 0 Å². The number of nitrogens with one attached hydrogen (secondary N) is 1. The number of rotatable bonds is 5. The Kier molecular flexibility index (Phi) is 4.73. The Bertz CT molecular complexity index is 716. The summed E-state index contributed by atoms with van der Waals surface area (Å²) in [5.41, 5.74) is 6.51. The van der Waals surface area contributed by atoms with Gasteiger partial charge in [0, 0.05) is 11.3 Å². The van der Waals surface area contributed by atoms with Crippen molar-refractivity contribution in [1.82, 2.24) is 0 Å². The first-order valence-electron chi connectivity index (χ1n) is 6.41. The van der Waals surface area contributed by atoms with Crippen molar-refractivity contribution in [3.63, 3.8) is 0 Å². The topological polar surface area (TPSA) is 105 Å². The van der Waals surface area contributed by atoms with Gasteiger partial charge in [0.2, 0.25) is 0 Å². The number of hydrogen-bond donors (Lipinski definition) is 2. The number of anilines is 1. The first kappa shape index (κ1) is 15.1. The Hall–Kier alpha value is -3.33. The molecule has 0 saturated heterocycles. The number of carbonyl (C=O) groups excluding carboxylic acids is 2. The molecule has 0 unspecified atom stereocenters. The summed E-state index contributed by atoms with van der Waals surface area (Å²) in [7, 11) is 0. The number of hydrogen-bond acceptors (Lipinski definition) is 4. The predicted octanol–water partition coefficient (Wildman–Crippen LogP) is 1.67. The summed E-state index contributed by atoms with van der Waals surface area (Å²) < 4.78 is 5.12. The second-order valence-electron chi connectivity index (χ2n) is 4.42. The second-order valence-corrected chi connectivity index (χ2v) is 4.42. The van der Waals surface area contributed by atoms with Crippen LogP contribution >= 0.6 is 0 Å². The van der Waals surface area contributed by atoms with Crippen LogP contribution in [-0.2, 0) is 4.79 Å². The number of nitriles is 1. The zero-order valence-electron chi connectivity index (χ0n) is 11.6. The summed E-state index contributed by atoms with van der Waals surface area (Å²) in [6.45, 7) is -0.197. The zero-order chi connectivity index (χ0) is 15.9. The minimum atomic E-state index is -0.557. The van der Waals surface area contributed by atoms with E-state index < -0.39 is 5.91 Å². The van der Waals surface area contributed by atoms with Crippen LogP contribution in [0.5, 0.6) is 5.75 Å². The molecule has 0 spiro atoms. The van der Waals surface area contributed by atoms with Crippen LogP contribution in [0.15, 0.2) is 48.5 Å². The molecule has 110 valence electrons. The molecule has 6 heteroatoms. The van der Waals surface area contributed by atoms with Gasteiger partial charge in [-0.15, -0.1) is 0 Å². The average molecular weight is 295 g/mol. The molecular formula is C16H13N3O3. The minimum absolute atomic E-state index is 0.197. The van der Waals surface area contributed by atoms with Gasteiger partial charge in [-0.25, -0.2) is 0 Å². The summed E-state index contributed by atoms with van der Waals surface area (Å²) in [5, 5.41) is 11.4. The van der Waals surface area contributed by atoms with E-state index in [1.807, 2.05) is 6.07 Å². The monoisotopic (exact) mass is 295 g/mol. The Morgan fingerprint density at radius 2 is 1.73 bits per heavy atom. The molecule has 3 N–H and O–H groups in total. The minimum Gasteiger partial charge on any atom is -0.484 e. The van der Waals surface area contributed by atoms with Crippen LogP contribution < -0.4 is 15.8 Å². The van der Waals surface area contributed by atoms with Gasteiger partial charge in [0.25, 0.3) is 11.8 Å². The van der Waals surface area contributed by atoms with E-state index in [0.29, 0.717) is 22.6 Å². The molecule has 2 rings (SSSR count). The van der Waals surface area contributed by atoms with Crippen LogP contribution in [-0.4, -0.2) is 18.4 Å². The number of nitrogens with zero attached hydrogens (tertiary/aromatic N) is 1. The maximum Gasteiger partial charge on any atom is 0.255 e. The number of benzene rings is 2. The van der Waals surface area contributed by atoms with E-state index in [9.17, 15) is 9.59 Å². The number of amides is 2. The van der Waals surface area contributed by atoms with Gasteiger partial charge in [0.05, 0.1) is 11.6 Å². The highest BCUT2D eigenvalue weighted by Gasteiger charge is 2.06. The summed E-state index contributed by atoms with van der Waals surface area (Å²) >= 11 is 0. The third-order valence-corrected chi connectivity index (χ3v) is 2.77. The van der Waals surface area contributed by atoms with E-state index in [-0.39, 0.29) is 12.5 Å². The van der Waals surface area contributed by atoms with E-state index in [2.05, 4.69) is 5.32 Å². The molecule has 2 amide bonds. The van der Waals surface area contributed by atoms with Crippen molar-refractivity contribution in [2.75, 3.05) is 11.9 Å². The van der Waals surface area contributed by atoms with Gasteiger partial charge < -0.3 is 15.8 Å². The van der Waals surface area contributed by atoms with Gasteiger partial charge >= 0.3 is 0 Å². The maximum absolute atomic E-state index is 12.0. The third kappa shape index (κ3) is 4.08. The summed E-state index contributed by atoms with van der Waals surface area (Å²) in [6, 6.07) is 14.9. The molecule has 0 fully saturated rings. The molecule has 0 heterocycles. The van der Waals surface area contributed by atoms with Crippen molar-refractivity contribution in [1.29, 1.82) is 5.26 Å². The van der Waals surface area contributed by atoms with Gasteiger partial charge in [-0.05, 0) is 48.5 Å². The van der Waals surface area contributed by atoms with E-state index in [1.54, 1.807) is 48.5 Å². The van der Waals surface area contributed by atoms with Crippen molar-refractivity contribution in [3.05, 3.63) is 59.7 Å². The van der Waals surface area contributed by atoms with Crippen molar-refractivity contribution in [3.8, 4) is 11.8 Å². The lowest BCUT2D eigenvalue weighted by atomic mass is 10.1. The van der Waals surface area contributed by atoms with Crippen molar-refractivity contribution < 1.29 is 14.3 Å². The standard InChI is InChI=1S/C16H13N3O3/c17-9-11-1-3-12(4-2-11)16(21)19-13-5-7-14(8-6-13)22-10-15(18)20/h1-8H,10H2,(H2,18,20)(H,19,21). The summed E-state index contributed by atoms with van der Waals surface area (Å²) in [6.07, 6.45) is 0. The van der Waals surface area contributed by atoms with Crippen molar-refractivity contribution in [2.24, 2.45) is 5.73 Å². The smallest absolute Gasteiger partial charge is 0.255 e.